The number of rotatable bonds is 4. The van der Waals surface area contributed by atoms with Crippen LogP contribution in [0.2, 0.25) is 0 Å². The monoisotopic (exact) mass is 495 g/mol. The molecule has 178 valence electrons. The van der Waals surface area contributed by atoms with Gasteiger partial charge in [-0.2, -0.15) is 20.8 Å². The van der Waals surface area contributed by atoms with Gasteiger partial charge in [-0.3, -0.25) is 0 Å². The summed E-state index contributed by atoms with van der Waals surface area (Å²) in [5.74, 6) is -3.80. The first-order valence-electron chi connectivity index (χ1n) is 10.6. The predicted molar refractivity (Wildman–Crippen MR) is 129 cm³/mol. The quantitative estimate of drug-likeness (QED) is 0.232. The molecule has 5 nitrogen and oxygen atoms in total. The molecule has 9 heteroatoms. The Labute approximate surface area is 209 Å². The van der Waals surface area contributed by atoms with Gasteiger partial charge in [0.05, 0.1) is 40.0 Å². The van der Waals surface area contributed by atoms with E-state index in [0.717, 1.165) is 29.2 Å². The molecular weight excluding hydrogens is 482 g/mol. The summed E-state index contributed by atoms with van der Waals surface area (Å²) in [6, 6.07) is 15.4. The van der Waals surface area contributed by atoms with Crippen molar-refractivity contribution in [2.24, 2.45) is 4.99 Å². The molecule has 3 aromatic carbocycles. The minimum absolute atomic E-state index is 0.0118. The van der Waals surface area contributed by atoms with Crippen molar-refractivity contribution in [3.05, 3.63) is 125 Å². The number of aliphatic imine (C=N–C) groups is 1. The van der Waals surface area contributed by atoms with Crippen LogP contribution in [0.5, 0.6) is 0 Å². The van der Waals surface area contributed by atoms with Crippen LogP contribution in [-0.4, -0.2) is 5.71 Å². The molecule has 4 rings (SSSR count). The van der Waals surface area contributed by atoms with Crippen LogP contribution in [0.3, 0.4) is 0 Å². The van der Waals surface area contributed by atoms with Gasteiger partial charge in [-0.1, -0.05) is 18.2 Å². The third-order valence-corrected chi connectivity index (χ3v) is 5.30. The normalized spacial score (nSPS) is 14.8. The van der Waals surface area contributed by atoms with E-state index in [2.05, 4.69) is 11.1 Å². The zero-order valence-electron chi connectivity index (χ0n) is 18.8. The highest BCUT2D eigenvalue weighted by Crippen LogP contribution is 2.36. The lowest BCUT2D eigenvalue weighted by Crippen LogP contribution is -2.24. The van der Waals surface area contributed by atoms with Crippen molar-refractivity contribution in [1.29, 1.82) is 15.8 Å². The molecule has 1 aliphatic carbocycles. The lowest BCUT2D eigenvalue weighted by atomic mass is 9.94. The van der Waals surface area contributed by atoms with Crippen LogP contribution in [0, 0.1) is 57.4 Å². The van der Waals surface area contributed by atoms with Crippen LogP contribution in [0.4, 0.5) is 28.9 Å². The zero-order valence-corrected chi connectivity index (χ0v) is 18.8. The first-order chi connectivity index (χ1) is 17.8. The van der Waals surface area contributed by atoms with Crippen molar-refractivity contribution in [3.8, 4) is 18.3 Å². The van der Waals surface area contributed by atoms with E-state index in [0.29, 0.717) is 28.8 Å². The smallest absolute Gasteiger partial charge is 0.206 e. The lowest BCUT2D eigenvalue weighted by Gasteiger charge is -2.29. The number of benzene rings is 3. The standard InChI is InChI=1S/C28H13F4N5/c29-20-8-21(30)11-24(10-20)37(25-12-22(31)9-23(32)13-25)28-7-19(5-6-27(28)36-16-35)26(15-34)18-3-1-17(14-33)2-4-18/h1-13H/b26-19+,36-27+. The molecule has 1 aliphatic rings. The van der Waals surface area contributed by atoms with E-state index in [1.54, 1.807) is 18.3 Å². The molecule has 0 aromatic heterocycles. The number of nitriles is 3. The molecule has 0 amide bonds. The topological polar surface area (TPSA) is 87.0 Å². The summed E-state index contributed by atoms with van der Waals surface area (Å²) in [4.78, 5) is 4.88. The van der Waals surface area contributed by atoms with Gasteiger partial charge in [0.1, 0.15) is 29.3 Å². The summed E-state index contributed by atoms with van der Waals surface area (Å²) in [6.07, 6.45) is 5.95. The molecular formula is C28H13F4N5. The molecule has 0 aliphatic heterocycles. The fourth-order valence-electron chi connectivity index (χ4n) is 3.78. The Balaban J connectivity index is 2.01. The van der Waals surface area contributed by atoms with Crippen molar-refractivity contribution < 1.29 is 17.6 Å². The molecule has 0 atom stereocenters. The molecule has 0 saturated carbocycles. The van der Waals surface area contributed by atoms with Gasteiger partial charge >= 0.3 is 0 Å². The molecule has 0 unspecified atom stereocenters. The number of allylic oxidation sites excluding steroid dienone is 5. The predicted octanol–water partition coefficient (Wildman–Crippen LogP) is 6.61. The second-order valence-corrected chi connectivity index (χ2v) is 7.68. The third-order valence-electron chi connectivity index (χ3n) is 5.30. The largest absolute Gasteiger partial charge is 0.308 e. The molecule has 0 bridgehead atoms. The Morgan fingerprint density at radius 3 is 1.73 bits per heavy atom. The van der Waals surface area contributed by atoms with Crippen molar-refractivity contribution in [1.82, 2.24) is 0 Å². The summed E-state index contributed by atoms with van der Waals surface area (Å²) >= 11 is 0. The maximum atomic E-state index is 14.2. The number of halogens is 4. The van der Waals surface area contributed by atoms with Crippen LogP contribution in [0.15, 0.2) is 95.2 Å². The van der Waals surface area contributed by atoms with Crippen molar-refractivity contribution in [3.63, 3.8) is 0 Å². The Morgan fingerprint density at radius 1 is 0.730 bits per heavy atom. The fraction of sp³-hybridized carbons (Fsp3) is 0. The van der Waals surface area contributed by atoms with Gasteiger partial charge < -0.3 is 4.90 Å². The highest BCUT2D eigenvalue weighted by atomic mass is 19.1. The summed E-state index contributed by atoms with van der Waals surface area (Å²) in [5, 5.41) is 28.2. The molecule has 0 N–H and O–H groups in total. The fourth-order valence-corrected chi connectivity index (χ4v) is 3.78. The molecule has 0 saturated heterocycles. The van der Waals surface area contributed by atoms with Crippen molar-refractivity contribution >= 4 is 22.7 Å². The van der Waals surface area contributed by atoms with Gasteiger partial charge in [0.2, 0.25) is 6.19 Å². The first-order valence-corrected chi connectivity index (χ1v) is 10.6. The third kappa shape index (κ3) is 5.30. The SMILES string of the molecule is N#C/N=C1C=C/C(=C(/C#N)c2ccc(C#N)cc2)C=C\1N(c1cc(F)cc(F)c1)c1cc(F)cc(F)c1. The summed E-state index contributed by atoms with van der Waals surface area (Å²) in [6.45, 7) is 0. The zero-order chi connectivity index (χ0) is 26.5. The molecule has 37 heavy (non-hydrogen) atoms. The van der Waals surface area contributed by atoms with Gasteiger partial charge in [-0.15, -0.1) is 0 Å². The molecule has 0 heterocycles. The number of hydrogen-bond donors (Lipinski definition) is 0. The van der Waals surface area contributed by atoms with Crippen LogP contribution >= 0.6 is 0 Å². The minimum Gasteiger partial charge on any atom is -0.308 e. The summed E-state index contributed by atoms with van der Waals surface area (Å²) in [7, 11) is 0. The maximum Gasteiger partial charge on any atom is 0.206 e. The second kappa shape index (κ2) is 10.4. The summed E-state index contributed by atoms with van der Waals surface area (Å²) in [5.41, 5.74) is 1.09. The Hall–Kier alpha value is -5.46. The van der Waals surface area contributed by atoms with Gasteiger partial charge in [0.15, 0.2) is 0 Å². The van der Waals surface area contributed by atoms with E-state index in [-0.39, 0.29) is 28.4 Å². The van der Waals surface area contributed by atoms with E-state index in [9.17, 15) is 28.1 Å². The van der Waals surface area contributed by atoms with E-state index >= 15 is 0 Å². The molecule has 0 radical (unpaired) electrons. The van der Waals surface area contributed by atoms with Crippen LogP contribution < -0.4 is 4.90 Å². The number of hydrogen-bond acceptors (Lipinski definition) is 5. The second-order valence-electron chi connectivity index (χ2n) is 7.68. The van der Waals surface area contributed by atoms with Gasteiger partial charge in [0, 0.05) is 12.1 Å². The Morgan fingerprint density at radius 2 is 1.27 bits per heavy atom. The van der Waals surface area contributed by atoms with Crippen LogP contribution in [0.25, 0.3) is 5.57 Å². The highest BCUT2D eigenvalue weighted by molar-refractivity contribution is 6.15. The molecule has 3 aromatic rings. The van der Waals surface area contributed by atoms with E-state index in [4.69, 9.17) is 5.26 Å². The molecule has 0 spiro atoms. The Bertz CT molecular complexity index is 1550. The highest BCUT2D eigenvalue weighted by Gasteiger charge is 2.24. The van der Waals surface area contributed by atoms with Gasteiger partial charge in [-0.05, 0) is 59.7 Å². The van der Waals surface area contributed by atoms with E-state index in [1.807, 2.05) is 6.07 Å². The number of anilines is 2. The lowest BCUT2D eigenvalue weighted by molar-refractivity contribution is 0.582. The number of nitrogens with zero attached hydrogens (tertiary/aromatic N) is 5. The van der Waals surface area contributed by atoms with Gasteiger partial charge in [-0.25, -0.2) is 17.6 Å². The first kappa shape index (κ1) is 24.7. The van der Waals surface area contributed by atoms with Crippen LogP contribution in [0.1, 0.15) is 11.1 Å². The van der Waals surface area contributed by atoms with E-state index < -0.39 is 23.3 Å². The average Bonchev–Trinajstić information content (AvgIpc) is 2.85. The Kier molecular flexibility index (Phi) is 6.95. The van der Waals surface area contributed by atoms with Gasteiger partial charge in [0.25, 0.3) is 0 Å². The van der Waals surface area contributed by atoms with Crippen molar-refractivity contribution in [2.75, 3.05) is 4.90 Å². The minimum atomic E-state index is -0.950. The summed E-state index contributed by atoms with van der Waals surface area (Å²) < 4.78 is 56.8. The average molecular weight is 495 g/mol. The van der Waals surface area contributed by atoms with Crippen molar-refractivity contribution in [2.45, 2.75) is 0 Å². The van der Waals surface area contributed by atoms with E-state index in [1.165, 1.54) is 30.4 Å². The molecule has 0 fully saturated rings. The van der Waals surface area contributed by atoms with Crippen LogP contribution in [-0.2, 0) is 0 Å². The maximum absolute atomic E-state index is 14.2.